The van der Waals surface area contributed by atoms with E-state index in [9.17, 15) is 28.7 Å². The zero-order valence-corrected chi connectivity index (χ0v) is 18.5. The normalized spacial score (nSPS) is 15.8. The van der Waals surface area contributed by atoms with Gasteiger partial charge in [0.15, 0.2) is 5.69 Å². The topological polar surface area (TPSA) is 137 Å². The van der Waals surface area contributed by atoms with Gasteiger partial charge in [0.1, 0.15) is 17.7 Å². The van der Waals surface area contributed by atoms with E-state index < -0.39 is 46.6 Å². The fourth-order valence-corrected chi connectivity index (χ4v) is 3.36. The van der Waals surface area contributed by atoms with Crippen molar-refractivity contribution in [1.29, 1.82) is 0 Å². The number of halogens is 1. The highest BCUT2D eigenvalue weighted by molar-refractivity contribution is 6.34. The van der Waals surface area contributed by atoms with Crippen molar-refractivity contribution >= 4 is 17.7 Å². The number of amides is 3. The van der Waals surface area contributed by atoms with Gasteiger partial charge in [-0.3, -0.25) is 23.7 Å². The van der Waals surface area contributed by atoms with Gasteiger partial charge >= 0.3 is 11.8 Å². The molecule has 1 aromatic carbocycles. The number of aromatic hydroxyl groups is 1. The molecule has 33 heavy (non-hydrogen) atoms. The van der Waals surface area contributed by atoms with E-state index in [1.165, 1.54) is 42.9 Å². The molecule has 11 nitrogen and oxygen atoms in total. The van der Waals surface area contributed by atoms with Crippen molar-refractivity contribution < 1.29 is 23.9 Å². The molecular formula is C21H25FN6O5. The predicted octanol–water partition coefficient (Wildman–Crippen LogP) is -0.791. The summed E-state index contributed by atoms with van der Waals surface area (Å²) in [5, 5.41) is 15.5. The first kappa shape index (κ1) is 23.9. The molecule has 0 spiro atoms. The van der Waals surface area contributed by atoms with E-state index in [0.717, 1.165) is 4.90 Å². The Kier molecular flexibility index (Phi) is 7.07. The van der Waals surface area contributed by atoms with Gasteiger partial charge in [0.25, 0.3) is 11.5 Å². The Morgan fingerprint density at radius 1 is 1.21 bits per heavy atom. The predicted molar refractivity (Wildman–Crippen MR) is 115 cm³/mol. The largest absolute Gasteiger partial charge is 0.501 e. The molecule has 1 atom stereocenters. The lowest BCUT2D eigenvalue weighted by molar-refractivity contribution is -0.144. The lowest BCUT2D eigenvalue weighted by atomic mass is 10.2. The average molecular weight is 460 g/mol. The number of aromatic nitrogens is 2. The van der Waals surface area contributed by atoms with Gasteiger partial charge in [0.2, 0.25) is 5.75 Å². The summed E-state index contributed by atoms with van der Waals surface area (Å²) in [5.74, 6) is -3.69. The molecular weight excluding hydrogens is 435 g/mol. The molecule has 1 aliphatic heterocycles. The quantitative estimate of drug-likeness (QED) is 0.509. The van der Waals surface area contributed by atoms with Gasteiger partial charge < -0.3 is 25.5 Å². The molecule has 3 rings (SSSR count). The maximum atomic E-state index is 13.1. The third kappa shape index (κ3) is 5.34. The molecule has 1 unspecified atom stereocenters. The summed E-state index contributed by atoms with van der Waals surface area (Å²) in [6.07, 6.45) is 0. The number of nitrogens with one attached hydrogen (secondary N) is 2. The van der Waals surface area contributed by atoms with Crippen molar-refractivity contribution in [3.63, 3.8) is 0 Å². The van der Waals surface area contributed by atoms with Crippen LogP contribution >= 0.6 is 0 Å². The Labute approximate surface area is 188 Å². The Bertz CT molecular complexity index is 1130. The maximum Gasteiger partial charge on any atom is 0.311 e. The smallest absolute Gasteiger partial charge is 0.311 e. The van der Waals surface area contributed by atoms with Gasteiger partial charge in [0, 0.05) is 40.3 Å². The molecule has 3 N–H and O–H groups in total. The first-order valence-corrected chi connectivity index (χ1v) is 10.2. The monoisotopic (exact) mass is 460 g/mol. The van der Waals surface area contributed by atoms with E-state index >= 15 is 0 Å². The Hall–Kier alpha value is -3.80. The Morgan fingerprint density at radius 3 is 2.52 bits per heavy atom. The first-order chi connectivity index (χ1) is 15.6. The van der Waals surface area contributed by atoms with E-state index in [1.54, 1.807) is 7.05 Å². The second-order valence-electron chi connectivity index (χ2n) is 7.92. The van der Waals surface area contributed by atoms with Crippen LogP contribution in [-0.2, 0) is 22.7 Å². The van der Waals surface area contributed by atoms with Crippen molar-refractivity contribution in [3.05, 3.63) is 57.5 Å². The SMILES string of the molecule is CN1CCn2c(nc(C(=O)NCc3ccc(F)cc3)c(O)c2=O)C(NC(=O)C(=O)N(C)C)C1. The summed E-state index contributed by atoms with van der Waals surface area (Å²) < 4.78 is 14.2. The van der Waals surface area contributed by atoms with Crippen molar-refractivity contribution in [1.82, 2.24) is 30.0 Å². The van der Waals surface area contributed by atoms with Crippen molar-refractivity contribution in [3.8, 4) is 5.75 Å². The molecule has 12 heteroatoms. The lowest BCUT2D eigenvalue weighted by Gasteiger charge is -2.22. The van der Waals surface area contributed by atoms with Crippen LogP contribution in [0.15, 0.2) is 29.1 Å². The Balaban J connectivity index is 1.92. The van der Waals surface area contributed by atoms with Crippen LogP contribution in [0.25, 0.3) is 0 Å². The molecule has 1 aliphatic rings. The van der Waals surface area contributed by atoms with Gasteiger partial charge in [0.05, 0.1) is 0 Å². The molecule has 0 bridgehead atoms. The molecule has 0 aliphatic carbocycles. The minimum Gasteiger partial charge on any atom is -0.501 e. The van der Waals surface area contributed by atoms with Crippen LogP contribution in [0.3, 0.4) is 0 Å². The van der Waals surface area contributed by atoms with Crippen molar-refractivity contribution in [2.45, 2.75) is 19.1 Å². The second kappa shape index (κ2) is 9.77. The second-order valence-corrected chi connectivity index (χ2v) is 7.92. The summed E-state index contributed by atoms with van der Waals surface area (Å²) in [7, 11) is 4.62. The van der Waals surface area contributed by atoms with Crippen molar-refractivity contribution in [2.24, 2.45) is 0 Å². The number of benzene rings is 1. The third-order valence-corrected chi connectivity index (χ3v) is 5.17. The fraction of sp³-hybridized carbons (Fsp3) is 0.381. The van der Waals surface area contributed by atoms with Crippen LogP contribution < -0.4 is 16.2 Å². The molecule has 0 saturated heterocycles. The number of fused-ring (bicyclic) bond motifs is 1. The van der Waals surface area contributed by atoms with Gasteiger partial charge in [-0.2, -0.15) is 0 Å². The molecule has 2 heterocycles. The number of hydrogen-bond acceptors (Lipinski definition) is 7. The number of carbonyl (C=O) groups excluding carboxylic acids is 3. The third-order valence-electron chi connectivity index (χ3n) is 5.17. The zero-order chi connectivity index (χ0) is 24.3. The number of nitrogens with zero attached hydrogens (tertiary/aromatic N) is 4. The van der Waals surface area contributed by atoms with E-state index in [-0.39, 0.29) is 25.5 Å². The minimum atomic E-state index is -0.892. The number of likely N-dealkylation sites (N-methyl/N-ethyl adjacent to an activating group) is 2. The number of hydrogen-bond donors (Lipinski definition) is 3. The van der Waals surface area contributed by atoms with Crippen LogP contribution in [0.2, 0.25) is 0 Å². The van der Waals surface area contributed by atoms with Gasteiger partial charge in [-0.25, -0.2) is 9.37 Å². The molecule has 0 saturated carbocycles. The van der Waals surface area contributed by atoms with E-state index in [1.807, 2.05) is 4.90 Å². The van der Waals surface area contributed by atoms with E-state index in [0.29, 0.717) is 12.1 Å². The average Bonchev–Trinajstić information content (AvgIpc) is 2.93. The highest BCUT2D eigenvalue weighted by atomic mass is 19.1. The van der Waals surface area contributed by atoms with Crippen LogP contribution in [0.1, 0.15) is 27.9 Å². The van der Waals surface area contributed by atoms with Crippen LogP contribution in [0.5, 0.6) is 5.75 Å². The minimum absolute atomic E-state index is 0.0128. The van der Waals surface area contributed by atoms with Crippen molar-refractivity contribution in [2.75, 3.05) is 34.2 Å². The van der Waals surface area contributed by atoms with Gasteiger partial charge in [-0.15, -0.1) is 0 Å². The van der Waals surface area contributed by atoms with Crippen LogP contribution in [0.4, 0.5) is 4.39 Å². The molecule has 2 aromatic rings. The first-order valence-electron chi connectivity index (χ1n) is 10.2. The molecule has 176 valence electrons. The highest BCUT2D eigenvalue weighted by Gasteiger charge is 2.31. The standard InChI is InChI=1S/C21H25FN6O5/c1-26(2)21(33)19(31)24-14-11-27(3)8-9-28-17(14)25-15(16(29)20(28)32)18(30)23-10-12-4-6-13(22)7-5-12/h4-7,14,29H,8-11H2,1-3H3,(H,23,30)(H,24,31). The van der Waals surface area contributed by atoms with Gasteiger partial charge in [-0.1, -0.05) is 12.1 Å². The van der Waals surface area contributed by atoms with Crippen LogP contribution in [0, 0.1) is 5.82 Å². The van der Waals surface area contributed by atoms with Crippen LogP contribution in [-0.4, -0.2) is 76.4 Å². The summed E-state index contributed by atoms with van der Waals surface area (Å²) >= 11 is 0. The summed E-state index contributed by atoms with van der Waals surface area (Å²) in [5.41, 5.74) is -0.735. The number of rotatable bonds is 4. The molecule has 0 fully saturated rings. The summed E-state index contributed by atoms with van der Waals surface area (Å²) in [4.78, 5) is 57.0. The fourth-order valence-electron chi connectivity index (χ4n) is 3.36. The van der Waals surface area contributed by atoms with E-state index in [2.05, 4.69) is 15.6 Å². The summed E-state index contributed by atoms with van der Waals surface area (Å²) in [6.45, 7) is 0.814. The molecule has 0 radical (unpaired) electrons. The Morgan fingerprint density at radius 2 is 1.88 bits per heavy atom. The number of carbonyl (C=O) groups is 3. The molecule has 3 amide bonds. The highest BCUT2D eigenvalue weighted by Crippen LogP contribution is 2.19. The zero-order valence-electron chi connectivity index (χ0n) is 18.5. The lowest BCUT2D eigenvalue weighted by Crippen LogP contribution is -2.44. The van der Waals surface area contributed by atoms with E-state index in [4.69, 9.17) is 0 Å². The molecule has 1 aromatic heterocycles. The van der Waals surface area contributed by atoms with Gasteiger partial charge in [-0.05, 0) is 24.7 Å². The summed E-state index contributed by atoms with van der Waals surface area (Å²) in [6, 6.07) is 4.57. The maximum absolute atomic E-state index is 13.1.